The van der Waals surface area contributed by atoms with Crippen molar-refractivity contribution in [2.75, 3.05) is 26.0 Å². The Morgan fingerprint density at radius 3 is 2.19 bits per heavy atom. The smallest absolute Gasteiger partial charge is 0.230 e. The summed E-state index contributed by atoms with van der Waals surface area (Å²) in [7, 11) is 3.64. The van der Waals surface area contributed by atoms with E-state index in [1.54, 1.807) is 4.90 Å². The van der Waals surface area contributed by atoms with Crippen molar-refractivity contribution in [2.45, 2.75) is 52.4 Å². The first-order valence-electron chi connectivity index (χ1n) is 9.33. The first-order chi connectivity index (χ1) is 11.9. The minimum atomic E-state index is -0.381. The van der Waals surface area contributed by atoms with Crippen LogP contribution in [0, 0.1) is 5.41 Å². The van der Waals surface area contributed by atoms with Crippen molar-refractivity contribution in [2.24, 2.45) is 16.1 Å². The molecule has 2 rings (SSSR count). The lowest BCUT2D eigenvalue weighted by Gasteiger charge is -2.29. The minimum Gasteiger partial charge on any atom is -0.370 e. The predicted octanol–water partition coefficient (Wildman–Crippen LogP) is 3.80. The molecule has 1 aliphatic carbocycles. The molecule has 5 nitrogen and oxygen atoms in total. The average Bonchev–Trinajstić information content (AvgIpc) is 3.09. The third-order valence-electron chi connectivity index (χ3n) is 5.22. The Labute approximate surface area is 174 Å². The fourth-order valence-corrected chi connectivity index (χ4v) is 3.77. The Morgan fingerprint density at radius 1 is 1.19 bits per heavy atom. The standard InChI is InChI=1S/C20H32N4O.HI/c1-5-15-10-9-11-16(6-2)17(15)23-19(21)22-14-20(12-7-8-13-20)18(25)24(3)4;/h9-11H,5-8,12-14H2,1-4H3,(H3,21,22,23);1H. The SMILES string of the molecule is CCc1cccc(CC)c1NC(N)=NCC1(C(=O)N(C)C)CCCC1.I. The second kappa shape index (κ2) is 10.1. The summed E-state index contributed by atoms with van der Waals surface area (Å²) in [6, 6.07) is 6.31. The van der Waals surface area contributed by atoms with Gasteiger partial charge >= 0.3 is 0 Å². The Morgan fingerprint density at radius 2 is 1.73 bits per heavy atom. The quantitative estimate of drug-likeness (QED) is 0.376. The summed E-state index contributed by atoms with van der Waals surface area (Å²) < 4.78 is 0. The van der Waals surface area contributed by atoms with Gasteiger partial charge in [0.1, 0.15) is 0 Å². The van der Waals surface area contributed by atoms with Crippen LogP contribution in [0.4, 0.5) is 5.69 Å². The summed E-state index contributed by atoms with van der Waals surface area (Å²) in [5.41, 5.74) is 9.33. The van der Waals surface area contributed by atoms with Gasteiger partial charge in [-0.05, 0) is 36.8 Å². The van der Waals surface area contributed by atoms with Gasteiger partial charge in [0, 0.05) is 19.8 Å². The number of nitrogens with one attached hydrogen (secondary N) is 1. The van der Waals surface area contributed by atoms with E-state index in [-0.39, 0.29) is 35.3 Å². The van der Waals surface area contributed by atoms with Crippen LogP contribution < -0.4 is 11.1 Å². The zero-order chi connectivity index (χ0) is 18.4. The number of amides is 1. The van der Waals surface area contributed by atoms with Gasteiger partial charge in [0.25, 0.3) is 0 Å². The molecule has 1 amide bonds. The van der Waals surface area contributed by atoms with Gasteiger partial charge in [-0.1, -0.05) is 44.9 Å². The van der Waals surface area contributed by atoms with Crippen molar-refractivity contribution in [3.63, 3.8) is 0 Å². The van der Waals surface area contributed by atoms with Gasteiger partial charge in [-0.25, -0.2) is 0 Å². The highest BCUT2D eigenvalue weighted by Crippen LogP contribution is 2.39. The monoisotopic (exact) mass is 472 g/mol. The first kappa shape index (κ1) is 22.7. The van der Waals surface area contributed by atoms with E-state index in [0.29, 0.717) is 12.5 Å². The molecule has 1 aliphatic rings. The van der Waals surface area contributed by atoms with Crippen LogP contribution in [0.15, 0.2) is 23.2 Å². The Kier molecular flexibility index (Phi) is 8.86. The highest BCUT2D eigenvalue weighted by Gasteiger charge is 2.41. The zero-order valence-electron chi connectivity index (χ0n) is 16.5. The van der Waals surface area contributed by atoms with Gasteiger partial charge in [-0.3, -0.25) is 9.79 Å². The zero-order valence-corrected chi connectivity index (χ0v) is 18.8. The topological polar surface area (TPSA) is 70.7 Å². The summed E-state index contributed by atoms with van der Waals surface area (Å²) in [5, 5.41) is 3.29. The van der Waals surface area contributed by atoms with Crippen LogP contribution in [0.1, 0.15) is 50.7 Å². The number of hydrogen-bond acceptors (Lipinski definition) is 2. The molecule has 0 radical (unpaired) electrons. The van der Waals surface area contributed by atoms with E-state index < -0.39 is 0 Å². The second-order valence-electron chi connectivity index (χ2n) is 7.17. The molecule has 0 aromatic heterocycles. The predicted molar refractivity (Wildman–Crippen MR) is 120 cm³/mol. The molecule has 0 bridgehead atoms. The van der Waals surface area contributed by atoms with Gasteiger partial charge < -0.3 is 16.0 Å². The molecule has 1 aromatic rings. The maximum Gasteiger partial charge on any atom is 0.230 e. The van der Waals surface area contributed by atoms with Gasteiger partial charge in [-0.15, -0.1) is 24.0 Å². The molecule has 1 aromatic carbocycles. The molecular formula is C20H33IN4O. The van der Waals surface area contributed by atoms with Gasteiger partial charge in [-0.2, -0.15) is 0 Å². The molecule has 0 unspecified atom stereocenters. The molecule has 0 saturated heterocycles. The molecule has 6 heteroatoms. The number of nitrogens with two attached hydrogens (primary N) is 1. The number of aryl methyl sites for hydroxylation is 2. The van der Waals surface area contributed by atoms with Crippen LogP contribution in [-0.4, -0.2) is 37.4 Å². The fourth-order valence-electron chi connectivity index (χ4n) is 3.77. The number of rotatable bonds is 6. The maximum absolute atomic E-state index is 12.6. The van der Waals surface area contributed by atoms with Crippen LogP contribution in [0.25, 0.3) is 0 Å². The van der Waals surface area contributed by atoms with E-state index in [1.165, 1.54) is 11.1 Å². The number of benzene rings is 1. The van der Waals surface area contributed by atoms with Crippen LogP contribution >= 0.6 is 24.0 Å². The lowest BCUT2D eigenvalue weighted by molar-refractivity contribution is -0.138. The van der Waals surface area contributed by atoms with Crippen LogP contribution in [-0.2, 0) is 17.6 Å². The molecule has 3 N–H and O–H groups in total. The minimum absolute atomic E-state index is 0. The van der Waals surface area contributed by atoms with E-state index in [0.717, 1.165) is 44.2 Å². The number of nitrogens with zero attached hydrogens (tertiary/aromatic N) is 2. The summed E-state index contributed by atoms with van der Waals surface area (Å²) in [5.74, 6) is 0.568. The van der Waals surface area contributed by atoms with Gasteiger partial charge in [0.05, 0.1) is 12.0 Å². The molecule has 26 heavy (non-hydrogen) atoms. The largest absolute Gasteiger partial charge is 0.370 e. The molecule has 0 aliphatic heterocycles. The van der Waals surface area contributed by atoms with Crippen LogP contribution in [0.5, 0.6) is 0 Å². The molecule has 0 spiro atoms. The third-order valence-corrected chi connectivity index (χ3v) is 5.22. The number of hydrogen-bond donors (Lipinski definition) is 2. The number of aliphatic imine (C=N–C) groups is 1. The van der Waals surface area contributed by atoms with E-state index in [1.807, 2.05) is 14.1 Å². The van der Waals surface area contributed by atoms with Crippen molar-refractivity contribution < 1.29 is 4.79 Å². The summed E-state index contributed by atoms with van der Waals surface area (Å²) in [6.07, 6.45) is 5.83. The number of halogens is 1. The lowest BCUT2D eigenvalue weighted by Crippen LogP contribution is -2.41. The average molecular weight is 472 g/mol. The van der Waals surface area contributed by atoms with Gasteiger partial charge in [0.15, 0.2) is 5.96 Å². The van der Waals surface area contributed by atoms with E-state index in [2.05, 4.69) is 42.4 Å². The molecule has 0 atom stereocenters. The Hall–Kier alpha value is -1.31. The van der Waals surface area contributed by atoms with Gasteiger partial charge in [0.2, 0.25) is 5.91 Å². The van der Waals surface area contributed by atoms with Crippen molar-refractivity contribution in [3.05, 3.63) is 29.3 Å². The second-order valence-corrected chi connectivity index (χ2v) is 7.17. The summed E-state index contributed by atoms with van der Waals surface area (Å²) >= 11 is 0. The fraction of sp³-hybridized carbons (Fsp3) is 0.600. The van der Waals surface area contributed by atoms with Crippen molar-refractivity contribution >= 4 is 41.5 Å². The number of anilines is 1. The lowest BCUT2D eigenvalue weighted by atomic mass is 9.85. The normalized spacial score (nSPS) is 16.1. The van der Waals surface area contributed by atoms with E-state index in [9.17, 15) is 4.79 Å². The summed E-state index contributed by atoms with van der Waals surface area (Å²) in [6.45, 7) is 4.73. The molecule has 1 saturated carbocycles. The van der Waals surface area contributed by atoms with Crippen LogP contribution in [0.3, 0.4) is 0 Å². The number of carbonyl (C=O) groups is 1. The highest BCUT2D eigenvalue weighted by molar-refractivity contribution is 14.0. The summed E-state index contributed by atoms with van der Waals surface area (Å²) in [4.78, 5) is 18.9. The Bertz CT molecular complexity index is 614. The Balaban J connectivity index is 0.00000338. The van der Waals surface area contributed by atoms with Crippen molar-refractivity contribution in [1.82, 2.24) is 4.90 Å². The number of carbonyl (C=O) groups excluding carboxylic acids is 1. The van der Waals surface area contributed by atoms with Crippen LogP contribution in [0.2, 0.25) is 0 Å². The first-order valence-corrected chi connectivity index (χ1v) is 9.33. The number of guanidine groups is 1. The number of para-hydroxylation sites is 1. The third kappa shape index (κ3) is 5.11. The van der Waals surface area contributed by atoms with Crippen molar-refractivity contribution in [3.8, 4) is 0 Å². The van der Waals surface area contributed by atoms with E-state index >= 15 is 0 Å². The molecule has 1 fully saturated rings. The maximum atomic E-state index is 12.6. The molecular weight excluding hydrogens is 439 g/mol. The van der Waals surface area contributed by atoms with Crippen molar-refractivity contribution in [1.29, 1.82) is 0 Å². The molecule has 146 valence electrons. The highest BCUT2D eigenvalue weighted by atomic mass is 127. The van der Waals surface area contributed by atoms with E-state index in [4.69, 9.17) is 5.73 Å². The molecule has 0 heterocycles.